The summed E-state index contributed by atoms with van der Waals surface area (Å²) in [4.78, 5) is 11.0. The zero-order valence-electron chi connectivity index (χ0n) is 11.1. The number of hydrogen-bond acceptors (Lipinski definition) is 3. The average molecular weight is 240 g/mol. The highest BCUT2D eigenvalue weighted by Crippen LogP contribution is 2.20. The van der Waals surface area contributed by atoms with Gasteiger partial charge in [-0.2, -0.15) is 0 Å². The van der Waals surface area contributed by atoms with Gasteiger partial charge in [-0.05, 0) is 19.8 Å². The average Bonchev–Trinajstić information content (AvgIpc) is 2.26. The fraction of sp³-hybridized carbons (Fsp3) is 0.643. The number of ether oxygens (including phenoxy) is 1. The van der Waals surface area contributed by atoms with Gasteiger partial charge in [0.2, 0.25) is 0 Å². The van der Waals surface area contributed by atoms with Gasteiger partial charge in [-0.15, -0.1) is 0 Å². The summed E-state index contributed by atoms with van der Waals surface area (Å²) < 4.78 is 4.75. The molecule has 3 heteroatoms. The molecule has 98 valence electrons. The highest BCUT2D eigenvalue weighted by Gasteiger charge is 2.20. The molecule has 0 atom stereocenters. The van der Waals surface area contributed by atoms with Crippen LogP contribution in [-0.2, 0) is 9.53 Å². The molecule has 0 spiro atoms. The van der Waals surface area contributed by atoms with Gasteiger partial charge in [0.25, 0.3) is 0 Å². The predicted octanol–water partition coefficient (Wildman–Crippen LogP) is 2.99. The lowest BCUT2D eigenvalue weighted by atomic mass is 9.92. The van der Waals surface area contributed by atoms with E-state index in [4.69, 9.17) is 4.74 Å². The second kappa shape index (κ2) is 8.99. The minimum absolute atomic E-state index is 0.355. The number of hydrogen-bond donors (Lipinski definition) is 1. The van der Waals surface area contributed by atoms with Crippen LogP contribution in [0.3, 0.4) is 0 Å². The molecule has 0 heterocycles. The van der Waals surface area contributed by atoms with E-state index in [0.717, 1.165) is 25.7 Å². The summed E-state index contributed by atoms with van der Waals surface area (Å²) in [7, 11) is 0. The molecule has 0 amide bonds. The van der Waals surface area contributed by atoms with Crippen LogP contribution in [0, 0.1) is 0 Å². The van der Waals surface area contributed by atoms with Crippen LogP contribution in [0.2, 0.25) is 0 Å². The van der Waals surface area contributed by atoms with Gasteiger partial charge in [-0.25, -0.2) is 4.79 Å². The normalized spacial score (nSPS) is 12.5. The lowest BCUT2D eigenvalue weighted by Gasteiger charge is -2.23. The first-order valence-corrected chi connectivity index (χ1v) is 6.33. The lowest BCUT2D eigenvalue weighted by molar-refractivity contribution is -0.137. The molecule has 1 N–H and O–H groups in total. The van der Waals surface area contributed by atoms with Gasteiger partial charge in [0.1, 0.15) is 0 Å². The van der Waals surface area contributed by atoms with Crippen molar-refractivity contribution < 1.29 is 14.6 Å². The molecule has 3 nitrogen and oxygen atoms in total. The molecule has 0 saturated heterocycles. The Labute approximate surface area is 104 Å². The molecular weight excluding hydrogens is 216 g/mol. The Morgan fingerprint density at radius 1 is 1.18 bits per heavy atom. The second-order valence-corrected chi connectivity index (χ2v) is 4.07. The fourth-order valence-electron chi connectivity index (χ4n) is 1.72. The van der Waals surface area contributed by atoms with Gasteiger partial charge >= 0.3 is 5.97 Å². The summed E-state index contributed by atoms with van der Waals surface area (Å²) in [5.74, 6) is -0.355. The quantitative estimate of drug-likeness (QED) is 0.403. The smallest absolute Gasteiger partial charge is 0.330 e. The minimum atomic E-state index is -0.748. The third-order valence-corrected chi connectivity index (χ3v) is 2.40. The van der Waals surface area contributed by atoms with Crippen LogP contribution in [0.5, 0.6) is 0 Å². The van der Waals surface area contributed by atoms with Crippen molar-refractivity contribution in [1.82, 2.24) is 0 Å². The van der Waals surface area contributed by atoms with Gasteiger partial charge < -0.3 is 9.84 Å². The summed E-state index contributed by atoms with van der Waals surface area (Å²) in [5.41, 5.74) is -0.748. The molecule has 0 rings (SSSR count). The first-order valence-electron chi connectivity index (χ1n) is 6.33. The van der Waals surface area contributed by atoms with Crippen molar-refractivity contribution in [3.63, 3.8) is 0 Å². The fourth-order valence-corrected chi connectivity index (χ4v) is 1.72. The maximum absolute atomic E-state index is 11.0. The number of allylic oxidation sites excluding steroid dienone is 2. The second-order valence-electron chi connectivity index (χ2n) is 4.07. The molecule has 0 aromatic rings. The van der Waals surface area contributed by atoms with Crippen molar-refractivity contribution in [2.45, 2.75) is 52.1 Å². The summed E-state index contributed by atoms with van der Waals surface area (Å²) in [6, 6.07) is 0. The van der Waals surface area contributed by atoms with Gasteiger partial charge in [0.15, 0.2) is 0 Å². The van der Waals surface area contributed by atoms with Gasteiger partial charge in [0.05, 0.1) is 12.2 Å². The van der Waals surface area contributed by atoms with Crippen molar-refractivity contribution >= 4 is 5.97 Å². The highest BCUT2D eigenvalue weighted by atomic mass is 16.5. The van der Waals surface area contributed by atoms with Crippen molar-refractivity contribution in [1.29, 1.82) is 0 Å². The van der Waals surface area contributed by atoms with Crippen molar-refractivity contribution in [2.24, 2.45) is 0 Å². The Bertz CT molecular complexity index is 261. The van der Waals surface area contributed by atoms with E-state index >= 15 is 0 Å². The third kappa shape index (κ3) is 7.75. The summed E-state index contributed by atoms with van der Waals surface area (Å²) >= 11 is 0. The highest BCUT2D eigenvalue weighted by molar-refractivity contribution is 5.82. The number of carbonyl (C=O) groups excluding carboxylic acids is 1. The molecule has 0 aromatic heterocycles. The van der Waals surface area contributed by atoms with E-state index < -0.39 is 5.60 Å². The minimum Gasteiger partial charge on any atom is -0.463 e. The maximum atomic E-state index is 11.0. The summed E-state index contributed by atoms with van der Waals surface area (Å²) in [6.07, 6.45) is 9.78. The van der Waals surface area contributed by atoms with Crippen molar-refractivity contribution in [2.75, 3.05) is 6.61 Å². The SMILES string of the molecule is CCCC(O)(/C=C/C=C\C(=O)OCC)CCC. The monoisotopic (exact) mass is 240 g/mol. The molecular formula is C14H24O3. The molecule has 17 heavy (non-hydrogen) atoms. The first kappa shape index (κ1) is 15.9. The van der Waals surface area contributed by atoms with E-state index in [0.29, 0.717) is 6.61 Å². The zero-order chi connectivity index (χ0) is 13.1. The number of aliphatic hydroxyl groups is 1. The molecule has 0 fully saturated rings. The topological polar surface area (TPSA) is 46.5 Å². The Kier molecular flexibility index (Phi) is 8.42. The van der Waals surface area contributed by atoms with E-state index in [1.807, 2.05) is 13.8 Å². The van der Waals surface area contributed by atoms with E-state index in [1.165, 1.54) is 6.08 Å². The lowest BCUT2D eigenvalue weighted by Crippen LogP contribution is -2.24. The van der Waals surface area contributed by atoms with Gasteiger partial charge in [0, 0.05) is 6.08 Å². The van der Waals surface area contributed by atoms with Gasteiger partial charge in [-0.1, -0.05) is 44.9 Å². The molecule has 0 aliphatic rings. The van der Waals surface area contributed by atoms with Crippen LogP contribution in [0.4, 0.5) is 0 Å². The zero-order valence-corrected chi connectivity index (χ0v) is 11.1. The van der Waals surface area contributed by atoms with Crippen LogP contribution < -0.4 is 0 Å². The summed E-state index contributed by atoms with van der Waals surface area (Å²) in [5, 5.41) is 10.2. The molecule has 0 bridgehead atoms. The summed E-state index contributed by atoms with van der Waals surface area (Å²) in [6.45, 7) is 6.23. The van der Waals surface area contributed by atoms with Crippen LogP contribution >= 0.6 is 0 Å². The van der Waals surface area contributed by atoms with Crippen LogP contribution in [0.1, 0.15) is 46.5 Å². The van der Waals surface area contributed by atoms with E-state index in [2.05, 4.69) is 0 Å². The number of esters is 1. The number of rotatable bonds is 8. The van der Waals surface area contributed by atoms with Gasteiger partial charge in [-0.3, -0.25) is 0 Å². The molecule has 0 aromatic carbocycles. The predicted molar refractivity (Wildman–Crippen MR) is 69.7 cm³/mol. The van der Waals surface area contributed by atoms with E-state index in [1.54, 1.807) is 25.2 Å². The first-order chi connectivity index (χ1) is 8.08. The maximum Gasteiger partial charge on any atom is 0.330 e. The largest absolute Gasteiger partial charge is 0.463 e. The Morgan fingerprint density at radius 2 is 1.76 bits per heavy atom. The molecule has 0 aliphatic heterocycles. The Hall–Kier alpha value is -1.09. The van der Waals surface area contributed by atoms with Crippen molar-refractivity contribution in [3.8, 4) is 0 Å². The van der Waals surface area contributed by atoms with Crippen LogP contribution in [0.15, 0.2) is 24.3 Å². The molecule has 0 aliphatic carbocycles. The Morgan fingerprint density at radius 3 is 2.24 bits per heavy atom. The third-order valence-electron chi connectivity index (χ3n) is 2.40. The molecule has 0 unspecified atom stereocenters. The van der Waals surface area contributed by atoms with E-state index in [9.17, 15) is 9.90 Å². The standard InChI is InChI=1S/C14H24O3/c1-4-10-14(16,11-5-2)12-8-7-9-13(15)17-6-3/h7-9,12,16H,4-6,10-11H2,1-3H3/b9-7-,12-8+. The van der Waals surface area contributed by atoms with Crippen molar-refractivity contribution in [3.05, 3.63) is 24.3 Å². The van der Waals surface area contributed by atoms with Crippen LogP contribution in [0.25, 0.3) is 0 Å². The molecule has 0 radical (unpaired) electrons. The van der Waals surface area contributed by atoms with E-state index in [-0.39, 0.29) is 5.97 Å². The molecule has 0 saturated carbocycles. The van der Waals surface area contributed by atoms with Crippen LogP contribution in [-0.4, -0.2) is 23.3 Å². The Balaban J connectivity index is 4.30. The number of carbonyl (C=O) groups is 1.